The van der Waals surface area contributed by atoms with E-state index < -0.39 is 31.4 Å². The summed E-state index contributed by atoms with van der Waals surface area (Å²) in [6.45, 7) is 2.38. The lowest BCUT2D eigenvalue weighted by Gasteiger charge is -2.14. The van der Waals surface area contributed by atoms with E-state index >= 15 is 0 Å². The number of nitrogens with one attached hydrogen (secondary N) is 1. The molecule has 0 atom stereocenters. The first-order valence-electron chi connectivity index (χ1n) is 12.3. The van der Waals surface area contributed by atoms with Crippen LogP contribution in [0.2, 0.25) is 10.3 Å². The molecule has 0 bridgehead atoms. The van der Waals surface area contributed by atoms with Gasteiger partial charge in [-0.15, -0.1) is 0 Å². The zero-order valence-electron chi connectivity index (χ0n) is 23.5. The van der Waals surface area contributed by atoms with Crippen molar-refractivity contribution in [3.63, 3.8) is 0 Å². The van der Waals surface area contributed by atoms with Crippen LogP contribution in [0.1, 0.15) is 22.3 Å². The molecule has 0 radical (unpaired) electrons. The molecule has 0 saturated heterocycles. The normalized spacial score (nSPS) is 11.5. The van der Waals surface area contributed by atoms with Crippen LogP contribution in [-0.2, 0) is 38.9 Å². The number of hydrogen-bond donors (Lipinski definition) is 2. The van der Waals surface area contributed by atoms with Crippen molar-refractivity contribution in [1.82, 2.24) is 9.97 Å². The Morgan fingerprint density at radius 2 is 1.34 bits per heavy atom. The summed E-state index contributed by atoms with van der Waals surface area (Å²) in [6.07, 6.45) is 0.0861. The molecule has 0 spiro atoms. The van der Waals surface area contributed by atoms with E-state index in [-0.39, 0.29) is 22.3 Å². The maximum Gasteiger partial charge on any atom is 0.419 e. The summed E-state index contributed by atoms with van der Waals surface area (Å²) in [4.78, 5) is 7.76. The van der Waals surface area contributed by atoms with Crippen molar-refractivity contribution in [1.29, 1.82) is 0 Å². The zero-order chi connectivity index (χ0) is 33.3. The Morgan fingerprint density at radius 1 is 0.841 bits per heavy atom. The van der Waals surface area contributed by atoms with Crippen LogP contribution in [0.15, 0.2) is 82.8 Å². The molecule has 0 aliphatic carbocycles. The summed E-state index contributed by atoms with van der Waals surface area (Å²) in [5.74, 6) is 0. The molecule has 0 unspecified atom stereocenters. The van der Waals surface area contributed by atoms with Crippen LogP contribution in [0.5, 0.6) is 0 Å². The van der Waals surface area contributed by atoms with Crippen molar-refractivity contribution < 1.29 is 30.0 Å². The topological polar surface area (TPSA) is 132 Å². The lowest BCUT2D eigenvalue weighted by atomic mass is 10.2. The first kappa shape index (κ1) is 37.7. The van der Waals surface area contributed by atoms with Crippen LogP contribution >= 0.6 is 45.8 Å². The van der Waals surface area contributed by atoms with Crippen LogP contribution in [0.3, 0.4) is 0 Å². The minimum atomic E-state index is -4.57. The number of sulfone groups is 2. The fraction of sp³-hybridized carbons (Fsp3) is 0.214. The number of rotatable bonds is 6. The highest BCUT2D eigenvalue weighted by molar-refractivity contribution is 14.1. The number of hydrogen-bond acceptors (Lipinski definition) is 8. The molecule has 2 aromatic heterocycles. The highest BCUT2D eigenvalue weighted by atomic mass is 127. The predicted octanol–water partition coefficient (Wildman–Crippen LogP) is 6.97. The maximum absolute atomic E-state index is 12.9. The molecule has 0 aliphatic heterocycles. The molecule has 8 nitrogen and oxygen atoms in total. The fourth-order valence-corrected chi connectivity index (χ4v) is 5.58. The quantitative estimate of drug-likeness (QED) is 0.158. The van der Waals surface area contributed by atoms with Crippen molar-refractivity contribution >= 4 is 71.2 Å². The molecule has 16 heteroatoms. The van der Waals surface area contributed by atoms with Crippen molar-refractivity contribution in [3.8, 4) is 0 Å². The summed E-state index contributed by atoms with van der Waals surface area (Å²) >= 11 is 13.5. The third kappa shape index (κ3) is 12.5. The molecule has 0 amide bonds. The molecule has 4 aromatic rings. The van der Waals surface area contributed by atoms with Gasteiger partial charge in [0.2, 0.25) is 0 Å². The molecule has 0 aliphatic rings. The Labute approximate surface area is 278 Å². The molecule has 0 saturated carbocycles. The van der Waals surface area contributed by atoms with Crippen molar-refractivity contribution in [2.24, 2.45) is 5.73 Å². The number of halogens is 6. The summed E-state index contributed by atoms with van der Waals surface area (Å²) in [5.41, 5.74) is 6.72. The Morgan fingerprint density at radius 3 is 1.82 bits per heavy atom. The molecular formula is C28H28Cl2F3IN4O4S2. The van der Waals surface area contributed by atoms with Crippen LogP contribution in [0.25, 0.3) is 0 Å². The number of pyridine rings is 2. The lowest BCUT2D eigenvalue weighted by Crippen LogP contribution is -2.11. The third-order valence-electron chi connectivity index (χ3n) is 5.55. The Balaban J connectivity index is 0.000000266. The number of nitrogens with two attached hydrogens (primary N) is 1. The maximum atomic E-state index is 12.9. The van der Waals surface area contributed by atoms with Gasteiger partial charge in [-0.3, -0.25) is 0 Å². The highest BCUT2D eigenvalue weighted by Gasteiger charge is 2.34. The van der Waals surface area contributed by atoms with Gasteiger partial charge in [-0.25, -0.2) is 26.8 Å². The van der Waals surface area contributed by atoms with Gasteiger partial charge < -0.3 is 11.1 Å². The van der Waals surface area contributed by atoms with Crippen molar-refractivity contribution in [2.75, 3.05) is 17.8 Å². The van der Waals surface area contributed by atoms with Gasteiger partial charge in [0.1, 0.15) is 10.3 Å². The Bertz CT molecular complexity index is 1810. The van der Waals surface area contributed by atoms with Crippen molar-refractivity contribution in [2.45, 2.75) is 36.0 Å². The van der Waals surface area contributed by atoms with E-state index in [4.69, 9.17) is 28.9 Å². The molecule has 2 aromatic carbocycles. The number of anilines is 1. The average Bonchev–Trinajstić information content (AvgIpc) is 2.93. The second kappa shape index (κ2) is 16.2. The number of alkyl halides is 3. The number of aryl methyl sites for hydroxylation is 1. The summed E-state index contributed by atoms with van der Waals surface area (Å²) < 4.78 is 85.0. The minimum absolute atomic E-state index is 0.00673. The Kier molecular flexibility index (Phi) is 13.9. The minimum Gasteiger partial charge on any atom is -0.380 e. The van der Waals surface area contributed by atoms with E-state index in [1.165, 1.54) is 30.0 Å². The molecule has 238 valence electrons. The second-order valence-corrected chi connectivity index (χ2v) is 15.2. The smallest absolute Gasteiger partial charge is 0.380 e. The summed E-state index contributed by atoms with van der Waals surface area (Å²) in [7, 11) is -6.48. The van der Waals surface area contributed by atoms with Crippen molar-refractivity contribution in [3.05, 3.63) is 109 Å². The predicted molar refractivity (Wildman–Crippen MR) is 175 cm³/mol. The van der Waals surface area contributed by atoms with Crippen LogP contribution in [-0.4, -0.2) is 39.3 Å². The fourth-order valence-electron chi connectivity index (χ4n) is 3.26. The van der Waals surface area contributed by atoms with Gasteiger partial charge in [-0.05, 0) is 82.6 Å². The van der Waals surface area contributed by atoms with E-state index in [0.29, 0.717) is 28.4 Å². The van der Waals surface area contributed by atoms with Gasteiger partial charge in [0, 0.05) is 41.6 Å². The molecule has 2 heterocycles. The van der Waals surface area contributed by atoms with Gasteiger partial charge in [0.15, 0.2) is 19.7 Å². The van der Waals surface area contributed by atoms with E-state index in [1.54, 1.807) is 36.5 Å². The highest BCUT2D eigenvalue weighted by Crippen LogP contribution is 2.35. The van der Waals surface area contributed by atoms with Crippen LogP contribution < -0.4 is 11.1 Å². The van der Waals surface area contributed by atoms with Gasteiger partial charge in [-0.2, -0.15) is 13.2 Å². The SMILES string of the molecule is CS(=O)(=O)c1cccc(CN)c1.CS(=O)(=O)c1cccc(CNc2cc(Cl)ncc2C(F)(F)F)c1.Cc1cnc(Cl)cc1I. The monoisotopic (exact) mass is 802 g/mol. The van der Waals surface area contributed by atoms with Gasteiger partial charge in [0.25, 0.3) is 0 Å². The molecule has 3 N–H and O–H groups in total. The second-order valence-electron chi connectivity index (χ2n) is 9.20. The van der Waals surface area contributed by atoms with E-state index in [9.17, 15) is 30.0 Å². The Hall–Kier alpha value is -2.50. The first-order chi connectivity index (χ1) is 20.3. The zero-order valence-corrected chi connectivity index (χ0v) is 28.8. The van der Waals surface area contributed by atoms with Gasteiger partial charge in [-0.1, -0.05) is 47.5 Å². The number of benzene rings is 2. The molecule has 0 fully saturated rings. The summed E-state index contributed by atoms with van der Waals surface area (Å²) in [5, 5.41) is 3.10. The average molecular weight is 803 g/mol. The van der Waals surface area contributed by atoms with Crippen LogP contribution in [0.4, 0.5) is 18.9 Å². The summed E-state index contributed by atoms with van der Waals surface area (Å²) in [6, 6.07) is 15.5. The van der Waals surface area contributed by atoms with Gasteiger partial charge in [0.05, 0.1) is 21.0 Å². The van der Waals surface area contributed by atoms with E-state index in [2.05, 4.69) is 37.9 Å². The van der Waals surface area contributed by atoms with E-state index in [1.807, 2.05) is 13.0 Å². The van der Waals surface area contributed by atoms with E-state index in [0.717, 1.165) is 21.5 Å². The lowest BCUT2D eigenvalue weighted by molar-refractivity contribution is -0.137. The first-order valence-corrected chi connectivity index (χ1v) is 18.0. The molecule has 44 heavy (non-hydrogen) atoms. The molecular weight excluding hydrogens is 775 g/mol. The number of aromatic nitrogens is 2. The largest absolute Gasteiger partial charge is 0.419 e. The molecule has 4 rings (SSSR count). The van der Waals surface area contributed by atoms with Crippen LogP contribution in [0, 0.1) is 10.5 Å². The van der Waals surface area contributed by atoms with Gasteiger partial charge >= 0.3 is 6.18 Å². The third-order valence-corrected chi connectivity index (χ3v) is 9.35. The number of nitrogens with zero attached hydrogens (tertiary/aromatic N) is 2. The standard InChI is InChI=1S/C14H12ClF3N2O2S.C8H11NO2S.C6H5ClIN/c1-23(21,22)10-4-2-3-9(5-10)7-19-12-6-13(15)20-8-11(12)14(16,17)18;1-12(10,11)8-4-2-3-7(5-8)6-9;1-4-3-9-6(7)2-5(4)8/h2-6,8H,7H2,1H3,(H,19,20);2-5H,6,9H2,1H3;2-3H,1H3.